The standard InChI is InChI=1S/C14H10FN3O3/c1-8-3-4-17-14(10(8)7-16)21-13-5-9(2)12(18(19)20)6-11(13)15/h3-6H,1-2H3. The Morgan fingerprint density at radius 2 is 2.10 bits per heavy atom. The average molecular weight is 287 g/mol. The van der Waals surface area contributed by atoms with Gasteiger partial charge in [0.1, 0.15) is 11.6 Å². The predicted octanol–water partition coefficient (Wildman–Crippen LogP) is 3.41. The van der Waals surface area contributed by atoms with Gasteiger partial charge in [0.05, 0.1) is 11.0 Å². The van der Waals surface area contributed by atoms with E-state index < -0.39 is 10.7 Å². The number of nitro groups is 1. The Kier molecular flexibility index (Phi) is 3.80. The van der Waals surface area contributed by atoms with E-state index in [1.165, 1.54) is 19.2 Å². The molecule has 0 radical (unpaired) electrons. The number of nitrogens with zero attached hydrogens (tertiary/aromatic N) is 3. The number of halogens is 1. The second kappa shape index (κ2) is 5.54. The van der Waals surface area contributed by atoms with Crippen LogP contribution in [0.5, 0.6) is 11.6 Å². The van der Waals surface area contributed by atoms with Crippen LogP contribution in [-0.2, 0) is 0 Å². The third-order valence-electron chi connectivity index (χ3n) is 2.89. The van der Waals surface area contributed by atoms with Gasteiger partial charge in [0, 0.05) is 11.8 Å². The molecule has 2 aromatic rings. The van der Waals surface area contributed by atoms with Gasteiger partial charge in [0.2, 0.25) is 5.88 Å². The summed E-state index contributed by atoms with van der Waals surface area (Å²) in [7, 11) is 0. The largest absolute Gasteiger partial charge is 0.435 e. The lowest BCUT2D eigenvalue weighted by atomic mass is 10.1. The fourth-order valence-electron chi connectivity index (χ4n) is 1.77. The zero-order chi connectivity index (χ0) is 15.6. The average Bonchev–Trinajstić information content (AvgIpc) is 2.42. The molecule has 0 bridgehead atoms. The molecular weight excluding hydrogens is 277 g/mol. The highest BCUT2D eigenvalue weighted by molar-refractivity contribution is 5.49. The maximum atomic E-state index is 13.9. The summed E-state index contributed by atoms with van der Waals surface area (Å²) in [6, 6.07) is 5.55. The van der Waals surface area contributed by atoms with E-state index in [0.717, 1.165) is 6.07 Å². The van der Waals surface area contributed by atoms with Crippen LogP contribution in [-0.4, -0.2) is 9.91 Å². The first kappa shape index (κ1) is 14.4. The van der Waals surface area contributed by atoms with Crippen LogP contribution in [0.3, 0.4) is 0 Å². The van der Waals surface area contributed by atoms with Crippen molar-refractivity contribution >= 4 is 5.69 Å². The number of benzene rings is 1. The van der Waals surface area contributed by atoms with Crippen molar-refractivity contribution in [2.45, 2.75) is 13.8 Å². The monoisotopic (exact) mass is 287 g/mol. The molecule has 0 N–H and O–H groups in total. The van der Waals surface area contributed by atoms with Crippen LogP contribution in [0.15, 0.2) is 24.4 Å². The van der Waals surface area contributed by atoms with E-state index in [0.29, 0.717) is 5.56 Å². The molecule has 0 unspecified atom stereocenters. The molecule has 0 saturated carbocycles. The molecule has 0 saturated heterocycles. The minimum Gasteiger partial charge on any atom is -0.435 e. The smallest absolute Gasteiger partial charge is 0.275 e. The first-order valence-electron chi connectivity index (χ1n) is 5.92. The third kappa shape index (κ3) is 2.79. The second-order valence-electron chi connectivity index (χ2n) is 4.35. The SMILES string of the molecule is Cc1cc(Oc2nccc(C)c2C#N)c(F)cc1[N+](=O)[O-]. The van der Waals surface area contributed by atoms with E-state index in [1.54, 1.807) is 13.0 Å². The number of aromatic nitrogens is 1. The van der Waals surface area contributed by atoms with Crippen molar-refractivity contribution in [2.24, 2.45) is 0 Å². The third-order valence-corrected chi connectivity index (χ3v) is 2.89. The molecule has 0 aliphatic carbocycles. The summed E-state index contributed by atoms with van der Waals surface area (Å²) < 4.78 is 19.2. The molecule has 21 heavy (non-hydrogen) atoms. The Balaban J connectivity index is 2.47. The van der Waals surface area contributed by atoms with Crippen molar-refractivity contribution in [1.29, 1.82) is 5.26 Å². The lowest BCUT2D eigenvalue weighted by molar-refractivity contribution is -0.385. The Bertz CT molecular complexity index is 769. The van der Waals surface area contributed by atoms with Crippen LogP contribution in [0.1, 0.15) is 16.7 Å². The number of ether oxygens (including phenoxy) is 1. The fraction of sp³-hybridized carbons (Fsp3) is 0.143. The molecule has 2 rings (SSSR count). The molecule has 6 nitrogen and oxygen atoms in total. The first-order chi connectivity index (χ1) is 9.93. The number of rotatable bonds is 3. The summed E-state index contributed by atoms with van der Waals surface area (Å²) >= 11 is 0. The number of hydrogen-bond donors (Lipinski definition) is 0. The predicted molar refractivity (Wildman–Crippen MR) is 71.6 cm³/mol. The summed E-state index contributed by atoms with van der Waals surface area (Å²) in [6.07, 6.45) is 1.43. The minimum atomic E-state index is -0.889. The molecule has 0 atom stereocenters. The molecule has 1 heterocycles. The molecule has 0 spiro atoms. The molecule has 0 fully saturated rings. The van der Waals surface area contributed by atoms with Crippen LogP contribution in [0, 0.1) is 41.1 Å². The molecule has 0 amide bonds. The van der Waals surface area contributed by atoms with Crippen LogP contribution in [0.2, 0.25) is 0 Å². The van der Waals surface area contributed by atoms with E-state index in [2.05, 4.69) is 4.98 Å². The van der Waals surface area contributed by atoms with Gasteiger partial charge in [0.25, 0.3) is 5.69 Å². The van der Waals surface area contributed by atoms with Gasteiger partial charge in [-0.1, -0.05) is 0 Å². The second-order valence-corrected chi connectivity index (χ2v) is 4.35. The summed E-state index contributed by atoms with van der Waals surface area (Å²) in [5, 5.41) is 19.8. The van der Waals surface area contributed by atoms with Crippen LogP contribution < -0.4 is 4.74 Å². The number of aryl methyl sites for hydroxylation is 2. The first-order valence-corrected chi connectivity index (χ1v) is 5.92. The number of nitriles is 1. The fourth-order valence-corrected chi connectivity index (χ4v) is 1.77. The molecule has 106 valence electrons. The van der Waals surface area contributed by atoms with E-state index in [1.807, 2.05) is 6.07 Å². The van der Waals surface area contributed by atoms with Gasteiger partial charge in [-0.2, -0.15) is 5.26 Å². The zero-order valence-electron chi connectivity index (χ0n) is 11.3. The van der Waals surface area contributed by atoms with Crippen molar-refractivity contribution in [3.05, 3.63) is 57.0 Å². The number of pyridine rings is 1. The van der Waals surface area contributed by atoms with E-state index in [4.69, 9.17) is 10.00 Å². The van der Waals surface area contributed by atoms with Crippen molar-refractivity contribution in [1.82, 2.24) is 4.98 Å². The highest BCUT2D eigenvalue weighted by Crippen LogP contribution is 2.31. The summed E-state index contributed by atoms with van der Waals surface area (Å²) in [6.45, 7) is 3.17. The lowest BCUT2D eigenvalue weighted by Crippen LogP contribution is -1.98. The summed E-state index contributed by atoms with van der Waals surface area (Å²) in [4.78, 5) is 13.9. The number of nitro benzene ring substituents is 1. The number of hydrogen-bond acceptors (Lipinski definition) is 5. The van der Waals surface area contributed by atoms with Gasteiger partial charge in [-0.05, 0) is 31.5 Å². The van der Waals surface area contributed by atoms with Crippen LogP contribution in [0.4, 0.5) is 10.1 Å². The van der Waals surface area contributed by atoms with Gasteiger partial charge in [-0.15, -0.1) is 0 Å². The normalized spacial score (nSPS) is 10.0. The zero-order valence-corrected chi connectivity index (χ0v) is 11.3. The van der Waals surface area contributed by atoms with E-state index in [9.17, 15) is 14.5 Å². The molecule has 1 aromatic carbocycles. The minimum absolute atomic E-state index is 0.0374. The van der Waals surface area contributed by atoms with Crippen molar-refractivity contribution in [3.63, 3.8) is 0 Å². The Morgan fingerprint density at radius 1 is 1.38 bits per heavy atom. The molecule has 1 aromatic heterocycles. The van der Waals surface area contributed by atoms with Gasteiger partial charge in [0.15, 0.2) is 11.6 Å². The quantitative estimate of drug-likeness (QED) is 0.637. The maximum absolute atomic E-state index is 13.9. The molecule has 0 aliphatic rings. The van der Waals surface area contributed by atoms with Gasteiger partial charge >= 0.3 is 0 Å². The highest BCUT2D eigenvalue weighted by atomic mass is 19.1. The van der Waals surface area contributed by atoms with Crippen molar-refractivity contribution in [2.75, 3.05) is 0 Å². The summed E-state index contributed by atoms with van der Waals surface area (Å²) in [5.74, 6) is -1.14. The van der Waals surface area contributed by atoms with Crippen LogP contribution in [0.25, 0.3) is 0 Å². The van der Waals surface area contributed by atoms with E-state index in [-0.39, 0.29) is 28.4 Å². The van der Waals surface area contributed by atoms with E-state index >= 15 is 0 Å². The Hall–Kier alpha value is -3.01. The lowest BCUT2D eigenvalue weighted by Gasteiger charge is -2.09. The Labute approximate surface area is 119 Å². The molecular formula is C14H10FN3O3. The topological polar surface area (TPSA) is 89.0 Å². The van der Waals surface area contributed by atoms with Crippen molar-refractivity contribution in [3.8, 4) is 17.7 Å². The van der Waals surface area contributed by atoms with Crippen molar-refractivity contribution < 1.29 is 14.1 Å². The molecule has 7 heteroatoms. The maximum Gasteiger partial charge on any atom is 0.275 e. The van der Waals surface area contributed by atoms with Gasteiger partial charge in [-0.3, -0.25) is 10.1 Å². The Morgan fingerprint density at radius 3 is 2.71 bits per heavy atom. The summed E-state index contributed by atoms with van der Waals surface area (Å²) in [5.41, 5.74) is 0.745. The van der Waals surface area contributed by atoms with Crippen LogP contribution >= 0.6 is 0 Å². The highest BCUT2D eigenvalue weighted by Gasteiger charge is 2.18. The van der Waals surface area contributed by atoms with Gasteiger partial charge in [-0.25, -0.2) is 9.37 Å². The molecule has 0 aliphatic heterocycles. The van der Waals surface area contributed by atoms with Gasteiger partial charge < -0.3 is 4.74 Å².